The zero-order valence-corrected chi connectivity index (χ0v) is 12.0. The molecule has 0 saturated heterocycles. The number of aromatic amines is 1. The second-order valence-electron chi connectivity index (χ2n) is 5.10. The third-order valence-corrected chi connectivity index (χ3v) is 2.81. The van der Waals surface area contributed by atoms with Crippen molar-refractivity contribution in [2.24, 2.45) is 0 Å². The molecule has 0 saturated carbocycles. The summed E-state index contributed by atoms with van der Waals surface area (Å²) in [5.41, 5.74) is 0.525. The van der Waals surface area contributed by atoms with E-state index in [0.29, 0.717) is 0 Å². The maximum absolute atomic E-state index is 13.9. The summed E-state index contributed by atoms with van der Waals surface area (Å²) in [6.45, 7) is 5.42. The van der Waals surface area contributed by atoms with Crippen LogP contribution in [0.2, 0.25) is 0 Å². The summed E-state index contributed by atoms with van der Waals surface area (Å²) < 4.78 is 13.9. The van der Waals surface area contributed by atoms with Gasteiger partial charge in [-0.1, -0.05) is 11.6 Å². The molecule has 1 heterocycles. The number of amides is 1. The van der Waals surface area contributed by atoms with Crippen LogP contribution in [0.25, 0.3) is 11.3 Å². The van der Waals surface area contributed by atoms with Crippen LogP contribution in [0.3, 0.4) is 0 Å². The summed E-state index contributed by atoms with van der Waals surface area (Å²) in [4.78, 5) is 29.6. The van der Waals surface area contributed by atoms with Crippen molar-refractivity contribution in [3.63, 3.8) is 0 Å². The molecule has 0 unspecified atom stereocenters. The van der Waals surface area contributed by atoms with Crippen molar-refractivity contribution in [3.8, 4) is 11.3 Å². The lowest BCUT2D eigenvalue weighted by Crippen LogP contribution is -2.32. The maximum atomic E-state index is 13.9. The number of halogens is 1. The number of hydrogen-bond acceptors (Lipinski definition) is 3. The van der Waals surface area contributed by atoms with E-state index in [-0.39, 0.29) is 23.0 Å². The average molecular weight is 289 g/mol. The standard InChI is InChI=1S/C15H16FN3O2/c1-8(2)17-14(20)13-7-12(18-15(21)19-13)10-6-9(3)4-5-11(10)16/h4-8H,1-3H3,(H,17,20)(H,18,19,21). The minimum Gasteiger partial charge on any atom is -0.349 e. The van der Waals surface area contributed by atoms with Gasteiger partial charge < -0.3 is 10.3 Å². The predicted octanol–water partition coefficient (Wildman–Crippen LogP) is 2.02. The Bertz CT molecular complexity index is 738. The summed E-state index contributed by atoms with van der Waals surface area (Å²) >= 11 is 0. The van der Waals surface area contributed by atoms with Crippen molar-refractivity contribution in [3.05, 3.63) is 51.8 Å². The van der Waals surface area contributed by atoms with E-state index in [1.54, 1.807) is 26.0 Å². The van der Waals surface area contributed by atoms with Gasteiger partial charge in [-0.25, -0.2) is 9.18 Å². The number of nitrogens with zero attached hydrogens (tertiary/aromatic N) is 1. The molecule has 1 amide bonds. The molecule has 0 aliphatic heterocycles. The summed E-state index contributed by atoms with van der Waals surface area (Å²) in [7, 11) is 0. The van der Waals surface area contributed by atoms with Gasteiger partial charge in [-0.15, -0.1) is 0 Å². The van der Waals surface area contributed by atoms with Crippen LogP contribution in [0.15, 0.2) is 29.1 Å². The Balaban J connectivity index is 2.51. The monoisotopic (exact) mass is 289 g/mol. The summed E-state index contributed by atoms with van der Waals surface area (Å²) in [5, 5.41) is 2.66. The second kappa shape index (κ2) is 5.87. The lowest BCUT2D eigenvalue weighted by molar-refractivity contribution is 0.0937. The molecular weight excluding hydrogens is 273 g/mol. The van der Waals surface area contributed by atoms with Gasteiger partial charge in [-0.05, 0) is 39.0 Å². The van der Waals surface area contributed by atoms with Crippen LogP contribution in [-0.4, -0.2) is 21.9 Å². The molecule has 0 aliphatic rings. The van der Waals surface area contributed by atoms with Crippen LogP contribution in [0.1, 0.15) is 29.9 Å². The van der Waals surface area contributed by atoms with Crippen molar-refractivity contribution >= 4 is 5.91 Å². The molecule has 0 aliphatic carbocycles. The largest absolute Gasteiger partial charge is 0.349 e. The first-order valence-electron chi connectivity index (χ1n) is 6.55. The predicted molar refractivity (Wildman–Crippen MR) is 77.6 cm³/mol. The number of aromatic nitrogens is 2. The van der Waals surface area contributed by atoms with Gasteiger partial charge in [0.05, 0.1) is 5.69 Å². The molecular formula is C15H16FN3O2. The van der Waals surface area contributed by atoms with Gasteiger partial charge in [0.15, 0.2) is 0 Å². The first-order chi connectivity index (χ1) is 9.86. The average Bonchev–Trinajstić information content (AvgIpc) is 2.40. The van der Waals surface area contributed by atoms with Crippen molar-refractivity contribution in [1.29, 1.82) is 0 Å². The van der Waals surface area contributed by atoms with Crippen LogP contribution in [0, 0.1) is 12.7 Å². The molecule has 110 valence electrons. The molecule has 1 aromatic heterocycles. The van der Waals surface area contributed by atoms with Crippen molar-refractivity contribution in [1.82, 2.24) is 15.3 Å². The van der Waals surface area contributed by atoms with E-state index in [1.165, 1.54) is 12.1 Å². The molecule has 2 rings (SSSR count). The number of carbonyl (C=O) groups is 1. The van der Waals surface area contributed by atoms with Crippen LogP contribution in [-0.2, 0) is 0 Å². The Morgan fingerprint density at radius 1 is 1.33 bits per heavy atom. The minimum absolute atomic E-state index is 0.0552. The first-order valence-corrected chi connectivity index (χ1v) is 6.55. The van der Waals surface area contributed by atoms with Crippen molar-refractivity contribution in [2.45, 2.75) is 26.8 Å². The van der Waals surface area contributed by atoms with Gasteiger partial charge in [0.1, 0.15) is 11.5 Å². The van der Waals surface area contributed by atoms with E-state index < -0.39 is 17.4 Å². The Labute approximate surface area is 121 Å². The van der Waals surface area contributed by atoms with Gasteiger partial charge in [0.25, 0.3) is 5.91 Å². The summed E-state index contributed by atoms with van der Waals surface area (Å²) in [5.74, 6) is -0.923. The van der Waals surface area contributed by atoms with E-state index in [4.69, 9.17) is 0 Å². The van der Waals surface area contributed by atoms with Gasteiger partial charge in [0.2, 0.25) is 0 Å². The Morgan fingerprint density at radius 2 is 2.05 bits per heavy atom. The number of benzene rings is 1. The van der Waals surface area contributed by atoms with E-state index in [9.17, 15) is 14.0 Å². The number of aryl methyl sites for hydroxylation is 1. The zero-order valence-electron chi connectivity index (χ0n) is 12.0. The Morgan fingerprint density at radius 3 is 2.71 bits per heavy atom. The lowest BCUT2D eigenvalue weighted by atomic mass is 10.1. The molecule has 5 nitrogen and oxygen atoms in total. The fourth-order valence-electron chi connectivity index (χ4n) is 1.89. The smallest absolute Gasteiger partial charge is 0.346 e. The number of carbonyl (C=O) groups excluding carboxylic acids is 1. The molecule has 2 N–H and O–H groups in total. The van der Waals surface area contributed by atoms with Crippen molar-refractivity contribution in [2.75, 3.05) is 0 Å². The van der Waals surface area contributed by atoms with E-state index in [2.05, 4.69) is 15.3 Å². The maximum Gasteiger partial charge on any atom is 0.346 e. The van der Waals surface area contributed by atoms with Crippen molar-refractivity contribution < 1.29 is 9.18 Å². The molecule has 2 aromatic rings. The van der Waals surface area contributed by atoms with Crippen LogP contribution >= 0.6 is 0 Å². The number of rotatable bonds is 3. The van der Waals surface area contributed by atoms with Gasteiger partial charge in [-0.3, -0.25) is 4.79 Å². The molecule has 0 spiro atoms. The van der Waals surface area contributed by atoms with E-state index >= 15 is 0 Å². The molecule has 0 fully saturated rings. The Hall–Kier alpha value is -2.50. The number of H-pyrrole nitrogens is 1. The molecule has 21 heavy (non-hydrogen) atoms. The molecule has 6 heteroatoms. The summed E-state index contributed by atoms with van der Waals surface area (Å²) in [6, 6.07) is 5.81. The SMILES string of the molecule is Cc1ccc(F)c(-c2cc(C(=O)NC(C)C)[nH]c(=O)n2)c1. The normalized spacial score (nSPS) is 10.7. The fraction of sp³-hybridized carbons (Fsp3) is 0.267. The number of nitrogens with one attached hydrogen (secondary N) is 2. The topological polar surface area (TPSA) is 74.8 Å². The Kier molecular flexibility index (Phi) is 4.16. The van der Waals surface area contributed by atoms with E-state index in [0.717, 1.165) is 5.56 Å². The minimum atomic E-state index is -0.692. The number of hydrogen-bond donors (Lipinski definition) is 2. The fourth-order valence-corrected chi connectivity index (χ4v) is 1.89. The highest BCUT2D eigenvalue weighted by Gasteiger charge is 2.13. The highest BCUT2D eigenvalue weighted by Crippen LogP contribution is 2.21. The van der Waals surface area contributed by atoms with Gasteiger partial charge in [0, 0.05) is 11.6 Å². The second-order valence-corrected chi connectivity index (χ2v) is 5.10. The lowest BCUT2D eigenvalue weighted by Gasteiger charge is -2.09. The van der Waals surface area contributed by atoms with Crippen LogP contribution in [0.4, 0.5) is 4.39 Å². The molecule has 0 radical (unpaired) electrons. The molecule has 0 bridgehead atoms. The quantitative estimate of drug-likeness (QED) is 0.907. The third kappa shape index (κ3) is 3.53. The zero-order chi connectivity index (χ0) is 15.6. The van der Waals surface area contributed by atoms with Crippen LogP contribution in [0.5, 0.6) is 0 Å². The van der Waals surface area contributed by atoms with Gasteiger partial charge >= 0.3 is 5.69 Å². The summed E-state index contributed by atoms with van der Waals surface area (Å²) in [6.07, 6.45) is 0. The molecule has 1 aromatic carbocycles. The van der Waals surface area contributed by atoms with E-state index in [1.807, 2.05) is 6.92 Å². The first kappa shape index (κ1) is 14.9. The van der Waals surface area contributed by atoms with Crippen LogP contribution < -0.4 is 11.0 Å². The highest BCUT2D eigenvalue weighted by molar-refractivity contribution is 5.93. The molecule has 0 atom stereocenters. The third-order valence-electron chi connectivity index (χ3n) is 2.81. The highest BCUT2D eigenvalue weighted by atomic mass is 19.1. The van der Waals surface area contributed by atoms with Gasteiger partial charge in [-0.2, -0.15) is 4.98 Å².